The topological polar surface area (TPSA) is 57.0 Å². The van der Waals surface area contributed by atoms with Gasteiger partial charge in [-0.1, -0.05) is 11.6 Å². The van der Waals surface area contributed by atoms with Gasteiger partial charge in [0.2, 0.25) is 0 Å². The summed E-state index contributed by atoms with van der Waals surface area (Å²) in [4.78, 5) is 15.3. The molecule has 0 radical (unpaired) electrons. The maximum atomic E-state index is 12.8. The molecule has 0 fully saturated rings. The van der Waals surface area contributed by atoms with Crippen LogP contribution >= 0.6 is 11.6 Å². The van der Waals surface area contributed by atoms with Gasteiger partial charge < -0.3 is 4.74 Å². The van der Waals surface area contributed by atoms with Crippen molar-refractivity contribution in [2.45, 2.75) is 13.1 Å². The molecule has 0 spiro atoms. The molecule has 112 valence electrons. The van der Waals surface area contributed by atoms with Gasteiger partial charge in [-0.15, -0.1) is 0 Å². The van der Waals surface area contributed by atoms with Crippen molar-refractivity contribution >= 4 is 17.6 Å². The maximum absolute atomic E-state index is 12.8. The number of pyridine rings is 1. The number of esters is 1. The monoisotopic (exact) mass is 319 g/mol. The Balaban J connectivity index is 2.55. The number of carbonyl (C=O) groups excluding carboxylic acids is 1. The molecule has 0 aromatic carbocycles. The molecule has 2 aromatic rings. The number of carbonyl (C=O) groups is 1. The van der Waals surface area contributed by atoms with Crippen LogP contribution < -0.4 is 0 Å². The van der Waals surface area contributed by atoms with Gasteiger partial charge in [-0.25, -0.2) is 14.5 Å². The number of aromatic nitrogens is 3. The van der Waals surface area contributed by atoms with Gasteiger partial charge in [-0.2, -0.15) is 18.3 Å². The molecule has 0 N–H and O–H groups in total. The molecule has 9 heteroatoms. The van der Waals surface area contributed by atoms with E-state index in [0.29, 0.717) is 11.8 Å². The number of rotatable bonds is 2. The van der Waals surface area contributed by atoms with Gasteiger partial charge in [0.25, 0.3) is 0 Å². The molecule has 2 heterocycles. The van der Waals surface area contributed by atoms with Gasteiger partial charge in [0.1, 0.15) is 10.7 Å². The highest BCUT2D eigenvalue weighted by Gasteiger charge is 2.32. The van der Waals surface area contributed by atoms with Crippen LogP contribution in [0.15, 0.2) is 18.3 Å². The number of nitrogens with zero attached hydrogens (tertiary/aromatic N) is 3. The number of halogens is 4. The Kier molecular flexibility index (Phi) is 3.91. The highest BCUT2D eigenvalue weighted by molar-refractivity contribution is 6.29. The zero-order valence-electron chi connectivity index (χ0n) is 10.9. The van der Waals surface area contributed by atoms with Gasteiger partial charge in [-0.3, -0.25) is 0 Å². The molecule has 0 aliphatic rings. The minimum atomic E-state index is -4.56. The third-order valence-corrected chi connectivity index (χ3v) is 2.93. The molecule has 0 aliphatic heterocycles. The highest BCUT2D eigenvalue weighted by Crippen LogP contribution is 2.31. The van der Waals surface area contributed by atoms with Crippen LogP contribution in [-0.2, 0) is 10.9 Å². The molecular formula is C12H9ClF3N3O2. The van der Waals surface area contributed by atoms with Crippen LogP contribution in [0.25, 0.3) is 5.82 Å². The van der Waals surface area contributed by atoms with Crippen LogP contribution in [0.5, 0.6) is 0 Å². The Morgan fingerprint density at radius 2 is 2.05 bits per heavy atom. The molecule has 2 aromatic heterocycles. The normalized spacial score (nSPS) is 11.5. The van der Waals surface area contributed by atoms with Crippen molar-refractivity contribution in [3.05, 3.63) is 40.3 Å². The quantitative estimate of drug-likeness (QED) is 0.630. The predicted molar refractivity (Wildman–Crippen MR) is 67.4 cm³/mol. The summed E-state index contributed by atoms with van der Waals surface area (Å²) < 4.78 is 43.9. The van der Waals surface area contributed by atoms with E-state index in [0.717, 1.165) is 10.7 Å². The van der Waals surface area contributed by atoms with E-state index in [9.17, 15) is 18.0 Å². The van der Waals surface area contributed by atoms with Gasteiger partial charge in [0, 0.05) is 0 Å². The summed E-state index contributed by atoms with van der Waals surface area (Å²) in [7, 11) is 1.19. The Bertz CT molecular complexity index is 698. The first-order chi connectivity index (χ1) is 9.74. The number of hydrogen-bond acceptors (Lipinski definition) is 4. The van der Waals surface area contributed by atoms with Gasteiger partial charge in [-0.05, 0) is 19.1 Å². The number of methoxy groups -OCH3 is 1. The Morgan fingerprint density at radius 1 is 1.38 bits per heavy atom. The molecule has 0 amide bonds. The predicted octanol–water partition coefficient (Wildman–Crippen LogP) is 3.03. The van der Waals surface area contributed by atoms with Crippen LogP contribution in [0.1, 0.15) is 21.6 Å². The lowest BCUT2D eigenvalue weighted by atomic mass is 10.2. The maximum Gasteiger partial charge on any atom is 0.416 e. The fourth-order valence-corrected chi connectivity index (χ4v) is 1.91. The van der Waals surface area contributed by atoms with E-state index < -0.39 is 17.7 Å². The van der Waals surface area contributed by atoms with E-state index in [4.69, 9.17) is 11.6 Å². The van der Waals surface area contributed by atoms with Gasteiger partial charge in [0.15, 0.2) is 5.82 Å². The third-order valence-electron chi connectivity index (χ3n) is 2.74. The number of ether oxygens (including phenoxy) is 1. The zero-order valence-corrected chi connectivity index (χ0v) is 11.7. The van der Waals surface area contributed by atoms with Crippen LogP contribution in [-0.4, -0.2) is 27.8 Å². The summed E-state index contributed by atoms with van der Waals surface area (Å²) in [6, 6.07) is 1.51. The summed E-state index contributed by atoms with van der Waals surface area (Å²) in [6.45, 7) is 1.51. The molecule has 0 atom stereocenters. The first kappa shape index (κ1) is 15.3. The second-order valence-electron chi connectivity index (χ2n) is 4.08. The lowest BCUT2D eigenvalue weighted by molar-refractivity contribution is -0.137. The molecule has 2 rings (SSSR count). The summed E-state index contributed by atoms with van der Waals surface area (Å²) in [5.41, 5.74) is -0.524. The Labute approximate surface area is 122 Å². The van der Waals surface area contributed by atoms with E-state index in [1.807, 2.05) is 0 Å². The van der Waals surface area contributed by atoms with Crippen LogP contribution in [0, 0.1) is 6.92 Å². The van der Waals surface area contributed by atoms with Crippen molar-refractivity contribution in [3.63, 3.8) is 0 Å². The number of alkyl halides is 3. The summed E-state index contributed by atoms with van der Waals surface area (Å²) in [5, 5.41) is 3.52. The van der Waals surface area contributed by atoms with E-state index in [1.165, 1.54) is 20.2 Å². The largest absolute Gasteiger partial charge is 0.465 e. The average Bonchev–Trinajstić information content (AvgIpc) is 2.78. The number of hydrogen-bond donors (Lipinski definition) is 0. The van der Waals surface area contributed by atoms with Crippen molar-refractivity contribution in [1.29, 1.82) is 0 Å². The minimum absolute atomic E-state index is 0.132. The minimum Gasteiger partial charge on any atom is -0.465 e. The molecular weight excluding hydrogens is 311 g/mol. The van der Waals surface area contributed by atoms with Crippen molar-refractivity contribution < 1.29 is 22.7 Å². The van der Waals surface area contributed by atoms with Crippen LogP contribution in [0.4, 0.5) is 13.2 Å². The zero-order chi connectivity index (χ0) is 15.8. The third kappa shape index (κ3) is 2.99. The molecule has 21 heavy (non-hydrogen) atoms. The van der Waals surface area contributed by atoms with Crippen molar-refractivity contribution in [2.24, 2.45) is 0 Å². The highest BCUT2D eigenvalue weighted by atomic mass is 35.5. The SMILES string of the molecule is COC(=O)c1cnn(-c2cc(C(F)(F)F)cc(Cl)n2)c1C. The molecule has 0 unspecified atom stereocenters. The van der Waals surface area contributed by atoms with E-state index >= 15 is 0 Å². The second kappa shape index (κ2) is 5.36. The Hall–Kier alpha value is -2.09. The summed E-state index contributed by atoms with van der Waals surface area (Å²) >= 11 is 5.61. The molecule has 0 saturated carbocycles. The molecule has 0 saturated heterocycles. The Morgan fingerprint density at radius 3 is 2.62 bits per heavy atom. The van der Waals surface area contributed by atoms with E-state index in [1.54, 1.807) is 0 Å². The molecule has 0 bridgehead atoms. The van der Waals surface area contributed by atoms with Gasteiger partial charge >= 0.3 is 12.1 Å². The first-order valence-corrected chi connectivity index (χ1v) is 6.00. The average molecular weight is 320 g/mol. The first-order valence-electron chi connectivity index (χ1n) is 5.62. The fraction of sp³-hybridized carbons (Fsp3) is 0.250. The smallest absolute Gasteiger partial charge is 0.416 e. The van der Waals surface area contributed by atoms with E-state index in [-0.39, 0.29) is 16.5 Å². The fourth-order valence-electron chi connectivity index (χ4n) is 1.71. The lowest BCUT2D eigenvalue weighted by Crippen LogP contribution is -2.10. The van der Waals surface area contributed by atoms with Crippen molar-refractivity contribution in [1.82, 2.24) is 14.8 Å². The van der Waals surface area contributed by atoms with Crippen LogP contribution in [0.3, 0.4) is 0 Å². The lowest BCUT2D eigenvalue weighted by Gasteiger charge is -2.10. The van der Waals surface area contributed by atoms with Gasteiger partial charge in [0.05, 0.1) is 24.6 Å². The molecule has 0 aliphatic carbocycles. The van der Waals surface area contributed by atoms with Crippen LogP contribution in [0.2, 0.25) is 5.15 Å². The molecule has 5 nitrogen and oxygen atoms in total. The van der Waals surface area contributed by atoms with Crippen molar-refractivity contribution in [3.8, 4) is 5.82 Å². The van der Waals surface area contributed by atoms with Crippen molar-refractivity contribution in [2.75, 3.05) is 7.11 Å². The van der Waals surface area contributed by atoms with E-state index in [2.05, 4.69) is 14.8 Å². The second-order valence-corrected chi connectivity index (χ2v) is 4.47. The summed E-state index contributed by atoms with van der Waals surface area (Å²) in [5.74, 6) is -0.778. The summed E-state index contributed by atoms with van der Waals surface area (Å²) in [6.07, 6.45) is -3.37. The standard InChI is InChI=1S/C12H9ClF3N3O2/c1-6-8(11(20)21-2)5-17-19(6)10-4-7(12(14,15)16)3-9(13)18-10/h3-5H,1-2H3.